The van der Waals surface area contributed by atoms with Crippen molar-refractivity contribution in [2.75, 3.05) is 5.32 Å². The van der Waals surface area contributed by atoms with Crippen LogP contribution < -0.4 is 10.0 Å². The third-order valence-electron chi connectivity index (χ3n) is 5.00. The average Bonchev–Trinajstić information content (AvgIpc) is 2.80. The topological polar surface area (TPSA) is 75.3 Å². The van der Waals surface area contributed by atoms with E-state index in [0.717, 1.165) is 16.3 Å². The molecule has 0 aliphatic carbocycles. The van der Waals surface area contributed by atoms with Gasteiger partial charge in [-0.15, -0.1) is 0 Å². The molecular weight excluding hydrogens is 408 g/mol. The number of benzene rings is 4. The lowest BCUT2D eigenvalue weighted by atomic mass is 10.1. The highest BCUT2D eigenvalue weighted by Crippen LogP contribution is 2.23. The van der Waals surface area contributed by atoms with Gasteiger partial charge in [0, 0.05) is 11.1 Å². The van der Waals surface area contributed by atoms with Crippen LogP contribution in [0.1, 0.15) is 5.56 Å². The lowest BCUT2D eigenvalue weighted by Gasteiger charge is -2.19. The number of fused-ring (bicyclic) bond motifs is 1. The Morgan fingerprint density at radius 3 is 2.10 bits per heavy atom. The smallest absolute Gasteiger partial charge is 0.242 e. The summed E-state index contributed by atoms with van der Waals surface area (Å²) in [4.78, 5) is 13.3. The van der Waals surface area contributed by atoms with Crippen LogP contribution in [0.3, 0.4) is 0 Å². The van der Waals surface area contributed by atoms with Crippen LogP contribution in [0.25, 0.3) is 10.8 Å². The zero-order valence-electron chi connectivity index (χ0n) is 16.7. The molecule has 6 heteroatoms. The van der Waals surface area contributed by atoms with Crippen LogP contribution >= 0.6 is 0 Å². The first-order valence-electron chi connectivity index (χ1n) is 9.93. The van der Waals surface area contributed by atoms with Crippen LogP contribution in [-0.4, -0.2) is 20.4 Å². The normalized spacial score (nSPS) is 12.4. The number of anilines is 1. The van der Waals surface area contributed by atoms with E-state index in [2.05, 4.69) is 10.0 Å². The van der Waals surface area contributed by atoms with E-state index in [-0.39, 0.29) is 11.3 Å². The average molecular weight is 431 g/mol. The second kappa shape index (κ2) is 9.12. The van der Waals surface area contributed by atoms with Gasteiger partial charge in [0.25, 0.3) is 0 Å². The van der Waals surface area contributed by atoms with E-state index in [4.69, 9.17) is 0 Å². The highest BCUT2D eigenvalue weighted by atomic mass is 32.2. The molecule has 5 nitrogen and oxygen atoms in total. The maximum Gasteiger partial charge on any atom is 0.242 e. The third kappa shape index (κ3) is 4.99. The molecule has 1 amide bonds. The first-order valence-corrected chi connectivity index (χ1v) is 11.4. The number of hydrogen-bond acceptors (Lipinski definition) is 3. The molecule has 156 valence electrons. The summed E-state index contributed by atoms with van der Waals surface area (Å²) >= 11 is 0. The van der Waals surface area contributed by atoms with Crippen molar-refractivity contribution in [3.63, 3.8) is 0 Å². The summed E-state index contributed by atoms with van der Waals surface area (Å²) in [6.07, 6.45) is 0.226. The molecule has 4 rings (SSSR count). The molecule has 0 unspecified atom stereocenters. The molecule has 4 aromatic rings. The SMILES string of the molecule is O=C(Nc1cccc2ccccc12)[C@H](Cc1ccccc1)NS(=O)(=O)c1ccccc1. The van der Waals surface area contributed by atoms with Gasteiger partial charge in [-0.1, -0.05) is 84.9 Å². The molecule has 2 N–H and O–H groups in total. The quantitative estimate of drug-likeness (QED) is 0.457. The van der Waals surface area contributed by atoms with Crippen molar-refractivity contribution >= 4 is 32.4 Å². The fourth-order valence-corrected chi connectivity index (χ4v) is 4.66. The summed E-state index contributed by atoms with van der Waals surface area (Å²) in [7, 11) is -3.87. The van der Waals surface area contributed by atoms with Gasteiger partial charge >= 0.3 is 0 Å². The van der Waals surface area contributed by atoms with Crippen LogP contribution in [0, 0.1) is 0 Å². The summed E-state index contributed by atoms with van der Waals surface area (Å²) < 4.78 is 28.4. The molecule has 0 bridgehead atoms. The summed E-state index contributed by atoms with van der Waals surface area (Å²) in [5, 5.41) is 4.80. The van der Waals surface area contributed by atoms with E-state index in [0.29, 0.717) is 5.69 Å². The van der Waals surface area contributed by atoms with Gasteiger partial charge in [-0.25, -0.2) is 8.42 Å². The molecule has 31 heavy (non-hydrogen) atoms. The van der Waals surface area contributed by atoms with Gasteiger partial charge in [-0.05, 0) is 35.6 Å². The van der Waals surface area contributed by atoms with Crippen LogP contribution in [0.4, 0.5) is 5.69 Å². The number of carbonyl (C=O) groups is 1. The van der Waals surface area contributed by atoms with Gasteiger partial charge in [-0.2, -0.15) is 4.72 Å². The largest absolute Gasteiger partial charge is 0.324 e. The Morgan fingerprint density at radius 2 is 1.35 bits per heavy atom. The van der Waals surface area contributed by atoms with Crippen molar-refractivity contribution in [1.82, 2.24) is 4.72 Å². The second-order valence-electron chi connectivity index (χ2n) is 7.19. The zero-order chi connectivity index (χ0) is 21.7. The summed E-state index contributed by atoms with van der Waals surface area (Å²) in [5.74, 6) is -0.417. The molecule has 1 atom stereocenters. The number of hydrogen-bond donors (Lipinski definition) is 2. The van der Waals surface area contributed by atoms with Gasteiger partial charge in [0.1, 0.15) is 6.04 Å². The van der Waals surface area contributed by atoms with Crippen molar-refractivity contribution in [3.05, 3.63) is 109 Å². The van der Waals surface area contributed by atoms with Gasteiger partial charge < -0.3 is 5.32 Å². The minimum absolute atomic E-state index is 0.117. The van der Waals surface area contributed by atoms with Crippen molar-refractivity contribution in [3.8, 4) is 0 Å². The summed E-state index contributed by atoms with van der Waals surface area (Å²) in [5.41, 5.74) is 1.50. The van der Waals surface area contributed by atoms with E-state index in [1.165, 1.54) is 12.1 Å². The third-order valence-corrected chi connectivity index (χ3v) is 6.49. The maximum absolute atomic E-state index is 13.2. The molecule has 0 aliphatic heterocycles. The van der Waals surface area contributed by atoms with Crippen molar-refractivity contribution in [1.29, 1.82) is 0 Å². The zero-order valence-corrected chi connectivity index (χ0v) is 17.5. The van der Waals surface area contributed by atoms with Crippen LogP contribution in [0.15, 0.2) is 108 Å². The molecule has 0 fully saturated rings. The first-order chi connectivity index (χ1) is 15.0. The van der Waals surface area contributed by atoms with Crippen molar-refractivity contribution < 1.29 is 13.2 Å². The summed E-state index contributed by atoms with van der Waals surface area (Å²) in [6, 6.07) is 29.8. The first kappa shape index (κ1) is 20.8. The molecule has 0 heterocycles. The van der Waals surface area contributed by atoms with Gasteiger partial charge in [0.2, 0.25) is 15.9 Å². The second-order valence-corrected chi connectivity index (χ2v) is 8.91. The standard InChI is InChI=1S/C25H22N2O3S/c28-25(26-23-17-9-13-20-12-7-8-16-22(20)23)24(18-19-10-3-1-4-11-19)27-31(29,30)21-14-5-2-6-15-21/h1-17,24,27H,18H2,(H,26,28)/t24-/m0/s1. The molecule has 0 spiro atoms. The van der Waals surface area contributed by atoms with Crippen molar-refractivity contribution in [2.24, 2.45) is 0 Å². The van der Waals surface area contributed by atoms with Crippen LogP contribution in [0.2, 0.25) is 0 Å². The van der Waals surface area contributed by atoms with Gasteiger partial charge in [0.05, 0.1) is 4.90 Å². The molecule has 0 radical (unpaired) electrons. The Labute approximate surface area is 181 Å². The molecule has 0 saturated heterocycles. The van der Waals surface area contributed by atoms with Crippen LogP contribution in [0.5, 0.6) is 0 Å². The Bertz CT molecular complexity index is 1280. The van der Waals surface area contributed by atoms with Crippen molar-refractivity contribution in [2.45, 2.75) is 17.4 Å². The lowest BCUT2D eigenvalue weighted by Crippen LogP contribution is -2.45. The monoisotopic (exact) mass is 430 g/mol. The minimum Gasteiger partial charge on any atom is -0.324 e. The van der Waals surface area contributed by atoms with E-state index < -0.39 is 22.0 Å². The molecule has 4 aromatic carbocycles. The Balaban J connectivity index is 1.64. The highest BCUT2D eigenvalue weighted by Gasteiger charge is 2.26. The number of amides is 1. The fraction of sp³-hybridized carbons (Fsp3) is 0.0800. The number of nitrogens with one attached hydrogen (secondary N) is 2. The lowest BCUT2D eigenvalue weighted by molar-refractivity contribution is -0.117. The number of carbonyl (C=O) groups excluding carboxylic acids is 1. The van der Waals surface area contributed by atoms with E-state index in [9.17, 15) is 13.2 Å². The van der Waals surface area contributed by atoms with Gasteiger partial charge in [-0.3, -0.25) is 4.79 Å². The predicted octanol–water partition coefficient (Wildman–Crippen LogP) is 4.37. The molecular formula is C25H22N2O3S. The number of rotatable bonds is 7. The van der Waals surface area contributed by atoms with E-state index in [1.54, 1.807) is 18.2 Å². The Morgan fingerprint density at radius 1 is 0.742 bits per heavy atom. The predicted molar refractivity (Wildman–Crippen MR) is 123 cm³/mol. The molecule has 0 aromatic heterocycles. The highest BCUT2D eigenvalue weighted by molar-refractivity contribution is 7.89. The number of sulfonamides is 1. The van der Waals surface area contributed by atoms with Gasteiger partial charge in [0.15, 0.2) is 0 Å². The van der Waals surface area contributed by atoms with Crippen LogP contribution in [-0.2, 0) is 21.2 Å². The maximum atomic E-state index is 13.2. The van der Waals surface area contributed by atoms with E-state index >= 15 is 0 Å². The fourth-order valence-electron chi connectivity index (χ4n) is 3.45. The van der Waals surface area contributed by atoms with E-state index in [1.807, 2.05) is 72.8 Å². The Hall–Kier alpha value is -3.48. The molecule has 0 aliphatic rings. The summed E-state index contributed by atoms with van der Waals surface area (Å²) in [6.45, 7) is 0. The molecule has 0 saturated carbocycles. The Kier molecular flexibility index (Phi) is 6.11. The minimum atomic E-state index is -3.87.